The molecule has 2 nitrogen and oxygen atoms in total. The fourth-order valence-electron chi connectivity index (χ4n) is 2.03. The number of halogens is 2. The van der Waals surface area contributed by atoms with Gasteiger partial charge in [0.2, 0.25) is 5.91 Å². The molecule has 0 spiro atoms. The minimum Gasteiger partial charge on any atom is -0.342 e. The topological polar surface area (TPSA) is 20.3 Å². The number of hydrogen-bond acceptors (Lipinski definition) is 1. The fourth-order valence-corrected chi connectivity index (χ4v) is 2.89. The van der Waals surface area contributed by atoms with E-state index < -0.39 is 0 Å². The van der Waals surface area contributed by atoms with Gasteiger partial charge in [-0.1, -0.05) is 44.0 Å². The Kier molecular flexibility index (Phi) is 4.62. The number of carbonyl (C=O) groups excluding carboxylic acids is 1. The molecule has 1 fully saturated rings. The van der Waals surface area contributed by atoms with Crippen molar-refractivity contribution >= 4 is 37.8 Å². The Bertz CT molecular complexity index is 400. The molecule has 2 rings (SSSR count). The second-order valence-corrected chi connectivity index (χ2v) is 6.57. The van der Waals surface area contributed by atoms with Gasteiger partial charge in [0.05, 0.1) is 6.42 Å². The van der Waals surface area contributed by atoms with E-state index in [0.717, 1.165) is 36.0 Å². The number of nitrogens with zero attached hydrogens (tertiary/aromatic N) is 1. The SMILES string of the molecule is O=C(Cc1cccc(Br)c1)N1CCC(Br)CC1. The molecule has 1 amide bonds. The van der Waals surface area contributed by atoms with Gasteiger partial charge in [0, 0.05) is 22.4 Å². The van der Waals surface area contributed by atoms with Crippen LogP contribution in [0.5, 0.6) is 0 Å². The van der Waals surface area contributed by atoms with Crippen LogP contribution < -0.4 is 0 Å². The predicted octanol–water partition coefficient (Wildman–Crippen LogP) is 3.38. The minimum absolute atomic E-state index is 0.238. The molecule has 0 atom stereocenters. The van der Waals surface area contributed by atoms with Crippen LogP contribution in [0.25, 0.3) is 0 Å². The van der Waals surface area contributed by atoms with Crippen molar-refractivity contribution in [1.29, 1.82) is 0 Å². The highest BCUT2D eigenvalue weighted by Crippen LogP contribution is 2.19. The molecule has 1 heterocycles. The molecule has 92 valence electrons. The van der Waals surface area contributed by atoms with E-state index in [4.69, 9.17) is 0 Å². The number of alkyl halides is 1. The molecular weight excluding hydrogens is 346 g/mol. The number of hydrogen-bond donors (Lipinski definition) is 0. The fraction of sp³-hybridized carbons (Fsp3) is 0.462. The maximum absolute atomic E-state index is 12.1. The van der Waals surface area contributed by atoms with Gasteiger partial charge in [0.25, 0.3) is 0 Å². The van der Waals surface area contributed by atoms with E-state index in [1.54, 1.807) is 0 Å². The summed E-state index contributed by atoms with van der Waals surface area (Å²) in [5, 5.41) is 0. The second kappa shape index (κ2) is 6.01. The molecular formula is C13H15Br2NO. The van der Waals surface area contributed by atoms with Crippen molar-refractivity contribution in [3.63, 3.8) is 0 Å². The normalized spacial score (nSPS) is 17.2. The van der Waals surface area contributed by atoms with Crippen molar-refractivity contribution in [1.82, 2.24) is 4.90 Å². The first-order chi connectivity index (χ1) is 8.15. The number of likely N-dealkylation sites (tertiary alicyclic amines) is 1. The third-order valence-electron chi connectivity index (χ3n) is 3.02. The van der Waals surface area contributed by atoms with Crippen LogP contribution in [-0.2, 0) is 11.2 Å². The molecule has 17 heavy (non-hydrogen) atoms. The van der Waals surface area contributed by atoms with E-state index in [1.165, 1.54) is 0 Å². The van der Waals surface area contributed by atoms with Crippen molar-refractivity contribution in [2.45, 2.75) is 24.1 Å². The van der Waals surface area contributed by atoms with Crippen LogP contribution in [0, 0.1) is 0 Å². The molecule has 1 aromatic rings. The minimum atomic E-state index is 0.238. The summed E-state index contributed by atoms with van der Waals surface area (Å²) in [6.45, 7) is 1.76. The number of carbonyl (C=O) groups is 1. The summed E-state index contributed by atoms with van der Waals surface area (Å²) >= 11 is 7.02. The average molecular weight is 361 g/mol. The van der Waals surface area contributed by atoms with Crippen molar-refractivity contribution in [3.05, 3.63) is 34.3 Å². The molecule has 0 aromatic heterocycles. The Morgan fingerprint density at radius 1 is 1.35 bits per heavy atom. The molecule has 4 heteroatoms. The van der Waals surface area contributed by atoms with E-state index in [0.29, 0.717) is 11.2 Å². The summed E-state index contributed by atoms with van der Waals surface area (Å²) in [6, 6.07) is 7.96. The summed E-state index contributed by atoms with van der Waals surface area (Å²) < 4.78 is 1.03. The van der Waals surface area contributed by atoms with Crippen LogP contribution in [-0.4, -0.2) is 28.7 Å². The maximum Gasteiger partial charge on any atom is 0.226 e. The summed E-state index contributed by atoms with van der Waals surface area (Å²) in [4.78, 5) is 14.6. The Morgan fingerprint density at radius 2 is 2.06 bits per heavy atom. The van der Waals surface area contributed by atoms with E-state index in [2.05, 4.69) is 31.9 Å². The van der Waals surface area contributed by atoms with Crippen LogP contribution in [0.4, 0.5) is 0 Å². The first-order valence-corrected chi connectivity index (χ1v) is 7.52. The first-order valence-electron chi connectivity index (χ1n) is 5.81. The number of rotatable bonds is 2. The molecule has 1 saturated heterocycles. The van der Waals surface area contributed by atoms with Crippen LogP contribution in [0.1, 0.15) is 18.4 Å². The molecule has 0 unspecified atom stereocenters. The number of piperidine rings is 1. The number of amides is 1. The lowest BCUT2D eigenvalue weighted by molar-refractivity contribution is -0.131. The lowest BCUT2D eigenvalue weighted by Gasteiger charge is -2.29. The zero-order valence-corrected chi connectivity index (χ0v) is 12.7. The van der Waals surface area contributed by atoms with Crippen LogP contribution in [0.15, 0.2) is 28.7 Å². The van der Waals surface area contributed by atoms with Gasteiger partial charge in [-0.2, -0.15) is 0 Å². The summed E-state index contributed by atoms with van der Waals surface area (Å²) in [6.07, 6.45) is 2.63. The Hall–Kier alpha value is -0.350. The molecule has 0 aliphatic carbocycles. The van der Waals surface area contributed by atoms with Crippen LogP contribution in [0.3, 0.4) is 0 Å². The lowest BCUT2D eigenvalue weighted by atomic mass is 10.1. The van der Waals surface area contributed by atoms with E-state index in [1.807, 2.05) is 29.2 Å². The molecule has 0 bridgehead atoms. The van der Waals surface area contributed by atoms with Crippen molar-refractivity contribution in [2.75, 3.05) is 13.1 Å². The quantitative estimate of drug-likeness (QED) is 0.740. The smallest absolute Gasteiger partial charge is 0.226 e. The van der Waals surface area contributed by atoms with Gasteiger partial charge in [-0.05, 0) is 30.5 Å². The van der Waals surface area contributed by atoms with Crippen molar-refractivity contribution in [3.8, 4) is 0 Å². The van der Waals surface area contributed by atoms with Gasteiger partial charge in [-0.15, -0.1) is 0 Å². The molecule has 1 aliphatic rings. The average Bonchev–Trinajstić information content (AvgIpc) is 2.29. The van der Waals surface area contributed by atoms with Gasteiger partial charge in [0.1, 0.15) is 0 Å². The Labute approximate surface area is 119 Å². The molecule has 1 aromatic carbocycles. The summed E-state index contributed by atoms with van der Waals surface area (Å²) in [5.74, 6) is 0.238. The first kappa shape index (κ1) is 13.1. The van der Waals surface area contributed by atoms with E-state index in [-0.39, 0.29) is 5.91 Å². The van der Waals surface area contributed by atoms with Gasteiger partial charge in [-0.25, -0.2) is 0 Å². The van der Waals surface area contributed by atoms with Gasteiger partial charge in [-0.3, -0.25) is 4.79 Å². The molecule has 1 aliphatic heterocycles. The second-order valence-electron chi connectivity index (χ2n) is 4.36. The zero-order chi connectivity index (χ0) is 12.3. The highest BCUT2D eigenvalue weighted by atomic mass is 79.9. The molecule has 0 radical (unpaired) electrons. The van der Waals surface area contributed by atoms with Gasteiger partial charge in [0.15, 0.2) is 0 Å². The molecule has 0 N–H and O–H groups in total. The predicted molar refractivity (Wildman–Crippen MR) is 76.4 cm³/mol. The third-order valence-corrected chi connectivity index (χ3v) is 4.43. The van der Waals surface area contributed by atoms with Crippen LogP contribution in [0.2, 0.25) is 0 Å². The van der Waals surface area contributed by atoms with E-state index in [9.17, 15) is 4.79 Å². The largest absolute Gasteiger partial charge is 0.342 e. The van der Waals surface area contributed by atoms with Crippen molar-refractivity contribution < 1.29 is 4.79 Å². The lowest BCUT2D eigenvalue weighted by Crippen LogP contribution is -2.39. The highest BCUT2D eigenvalue weighted by Gasteiger charge is 2.20. The Morgan fingerprint density at radius 3 is 2.71 bits per heavy atom. The Balaban J connectivity index is 1.93. The van der Waals surface area contributed by atoms with Crippen LogP contribution >= 0.6 is 31.9 Å². The maximum atomic E-state index is 12.1. The van der Waals surface area contributed by atoms with Gasteiger partial charge >= 0.3 is 0 Å². The third kappa shape index (κ3) is 3.81. The molecule has 0 saturated carbocycles. The number of benzene rings is 1. The monoisotopic (exact) mass is 359 g/mol. The summed E-state index contributed by atoms with van der Waals surface area (Å²) in [5.41, 5.74) is 1.07. The zero-order valence-electron chi connectivity index (χ0n) is 9.53. The van der Waals surface area contributed by atoms with Crippen molar-refractivity contribution in [2.24, 2.45) is 0 Å². The summed E-state index contributed by atoms with van der Waals surface area (Å²) in [7, 11) is 0. The standard InChI is InChI=1S/C13H15Br2NO/c14-11-4-6-16(7-5-11)13(17)9-10-2-1-3-12(15)8-10/h1-3,8,11H,4-7,9H2. The van der Waals surface area contributed by atoms with E-state index >= 15 is 0 Å². The van der Waals surface area contributed by atoms with Gasteiger partial charge < -0.3 is 4.90 Å². The highest BCUT2D eigenvalue weighted by molar-refractivity contribution is 9.10.